The fraction of sp³-hybridized carbons (Fsp3) is 0.0526. The van der Waals surface area contributed by atoms with E-state index in [1.165, 1.54) is 0 Å². The summed E-state index contributed by atoms with van der Waals surface area (Å²) in [5, 5.41) is 5.18. The number of halogens is 2. The summed E-state index contributed by atoms with van der Waals surface area (Å²) in [6.45, 7) is -0.247. The maximum absolute atomic E-state index is 12.1. The van der Waals surface area contributed by atoms with Crippen molar-refractivity contribution >= 4 is 51.9 Å². The van der Waals surface area contributed by atoms with Crippen molar-refractivity contribution in [2.24, 2.45) is 0 Å². The van der Waals surface area contributed by atoms with E-state index in [4.69, 9.17) is 27.9 Å². The fourth-order valence-corrected chi connectivity index (χ4v) is 3.02. The van der Waals surface area contributed by atoms with Crippen molar-refractivity contribution < 1.29 is 14.3 Å². The topological polar surface area (TPSA) is 55.4 Å². The first-order valence-electron chi connectivity index (χ1n) is 7.42. The summed E-state index contributed by atoms with van der Waals surface area (Å²) in [5.74, 6) is -0.0312. The summed E-state index contributed by atoms with van der Waals surface area (Å²) < 4.78 is 5.52. The van der Waals surface area contributed by atoms with Crippen LogP contribution in [0.3, 0.4) is 0 Å². The molecule has 0 bridgehead atoms. The van der Waals surface area contributed by atoms with Gasteiger partial charge in [-0.05, 0) is 35.0 Å². The lowest BCUT2D eigenvalue weighted by Crippen LogP contribution is -2.20. The highest BCUT2D eigenvalue weighted by atomic mass is 35.5. The Kier molecular flexibility index (Phi) is 5.22. The van der Waals surface area contributed by atoms with Crippen molar-refractivity contribution in [2.45, 2.75) is 0 Å². The van der Waals surface area contributed by atoms with E-state index in [-0.39, 0.29) is 12.5 Å². The molecule has 1 amide bonds. The van der Waals surface area contributed by atoms with Crippen molar-refractivity contribution in [1.82, 2.24) is 0 Å². The van der Waals surface area contributed by atoms with Gasteiger partial charge in [0.2, 0.25) is 0 Å². The van der Waals surface area contributed by atoms with Gasteiger partial charge in [-0.2, -0.15) is 0 Å². The van der Waals surface area contributed by atoms with Crippen molar-refractivity contribution in [3.8, 4) is 5.75 Å². The van der Waals surface area contributed by atoms with E-state index in [0.717, 1.165) is 17.1 Å². The molecule has 3 rings (SSSR count). The van der Waals surface area contributed by atoms with Gasteiger partial charge in [-0.15, -0.1) is 0 Å². The van der Waals surface area contributed by atoms with Crippen LogP contribution in [-0.4, -0.2) is 18.8 Å². The summed E-state index contributed by atoms with van der Waals surface area (Å²) in [7, 11) is 0. The molecule has 0 spiro atoms. The number of anilines is 1. The lowest BCUT2D eigenvalue weighted by atomic mass is 10.0. The zero-order chi connectivity index (χ0) is 17.8. The molecular formula is C19H13Cl2NO3. The molecule has 6 heteroatoms. The Morgan fingerprint density at radius 3 is 2.48 bits per heavy atom. The lowest BCUT2D eigenvalue weighted by molar-refractivity contribution is -0.118. The number of benzene rings is 3. The second kappa shape index (κ2) is 7.55. The van der Waals surface area contributed by atoms with Gasteiger partial charge in [-0.25, -0.2) is 0 Å². The molecule has 3 aromatic carbocycles. The number of rotatable bonds is 5. The van der Waals surface area contributed by atoms with Gasteiger partial charge >= 0.3 is 0 Å². The van der Waals surface area contributed by atoms with Crippen molar-refractivity contribution in [1.29, 1.82) is 0 Å². The average Bonchev–Trinajstić information content (AvgIpc) is 2.58. The lowest BCUT2D eigenvalue weighted by Gasteiger charge is -2.11. The Labute approximate surface area is 154 Å². The van der Waals surface area contributed by atoms with Crippen LogP contribution >= 0.6 is 23.2 Å². The van der Waals surface area contributed by atoms with Crippen molar-refractivity contribution in [3.63, 3.8) is 0 Å². The number of hydrogen-bond donors (Lipinski definition) is 1. The molecule has 0 heterocycles. The third-order valence-electron chi connectivity index (χ3n) is 3.55. The van der Waals surface area contributed by atoms with Crippen LogP contribution in [0, 0.1) is 0 Å². The van der Waals surface area contributed by atoms with Gasteiger partial charge in [0.05, 0.1) is 5.56 Å². The molecule has 0 fully saturated rings. The number of ether oxygens (including phenoxy) is 1. The van der Waals surface area contributed by atoms with Crippen molar-refractivity contribution in [3.05, 3.63) is 70.2 Å². The van der Waals surface area contributed by atoms with Gasteiger partial charge in [0.15, 0.2) is 12.9 Å². The van der Waals surface area contributed by atoms with Gasteiger partial charge in [-0.1, -0.05) is 53.5 Å². The van der Waals surface area contributed by atoms with Gasteiger partial charge < -0.3 is 10.1 Å². The Hall–Kier alpha value is -2.56. The van der Waals surface area contributed by atoms with Crippen molar-refractivity contribution in [2.75, 3.05) is 11.9 Å². The van der Waals surface area contributed by atoms with Gasteiger partial charge in [0.25, 0.3) is 5.91 Å². The first kappa shape index (κ1) is 17.3. The summed E-state index contributed by atoms with van der Waals surface area (Å²) in [6, 6.07) is 15.7. The SMILES string of the molecule is O=Cc1c(OCC(=O)Nc2cc(Cl)cc(Cl)c2)ccc2ccccc12. The van der Waals surface area contributed by atoms with Crippen LogP contribution in [0.2, 0.25) is 10.0 Å². The number of hydrogen-bond acceptors (Lipinski definition) is 3. The average molecular weight is 374 g/mol. The van der Waals surface area contributed by atoms with E-state index in [1.54, 1.807) is 24.3 Å². The van der Waals surface area contributed by atoms with Crippen LogP contribution in [0.4, 0.5) is 5.69 Å². The maximum atomic E-state index is 12.1. The largest absolute Gasteiger partial charge is 0.483 e. The van der Waals surface area contributed by atoms with E-state index in [0.29, 0.717) is 27.0 Å². The van der Waals surface area contributed by atoms with Crippen LogP contribution in [0.25, 0.3) is 10.8 Å². The van der Waals surface area contributed by atoms with Crippen LogP contribution in [0.5, 0.6) is 5.75 Å². The summed E-state index contributed by atoms with van der Waals surface area (Å²) in [4.78, 5) is 23.5. The Morgan fingerprint density at radius 2 is 1.76 bits per heavy atom. The third-order valence-corrected chi connectivity index (χ3v) is 3.99. The van der Waals surface area contributed by atoms with Crippen LogP contribution in [-0.2, 0) is 4.79 Å². The molecule has 0 saturated heterocycles. The Balaban J connectivity index is 1.73. The molecule has 0 aliphatic carbocycles. The quantitative estimate of drug-likeness (QED) is 0.641. The van der Waals surface area contributed by atoms with Crippen LogP contribution < -0.4 is 10.1 Å². The molecule has 0 aromatic heterocycles. The predicted molar refractivity (Wildman–Crippen MR) is 99.9 cm³/mol. The number of carbonyl (C=O) groups is 2. The molecular weight excluding hydrogens is 361 g/mol. The normalized spacial score (nSPS) is 10.5. The number of nitrogens with one attached hydrogen (secondary N) is 1. The monoisotopic (exact) mass is 373 g/mol. The zero-order valence-electron chi connectivity index (χ0n) is 13.0. The summed E-state index contributed by atoms with van der Waals surface area (Å²) in [6.07, 6.45) is 0.728. The highest BCUT2D eigenvalue weighted by molar-refractivity contribution is 6.35. The predicted octanol–water partition coefficient (Wildman–Crippen LogP) is 4.98. The molecule has 3 aromatic rings. The van der Waals surface area contributed by atoms with Gasteiger partial charge in [0.1, 0.15) is 5.75 Å². The molecule has 0 radical (unpaired) electrons. The summed E-state index contributed by atoms with van der Waals surface area (Å²) in [5.41, 5.74) is 0.886. The molecule has 126 valence electrons. The van der Waals surface area contributed by atoms with E-state index in [9.17, 15) is 9.59 Å². The molecule has 0 unspecified atom stereocenters. The minimum Gasteiger partial charge on any atom is -0.483 e. The number of aldehydes is 1. The fourth-order valence-electron chi connectivity index (χ4n) is 2.49. The zero-order valence-corrected chi connectivity index (χ0v) is 14.5. The van der Waals surface area contributed by atoms with E-state index >= 15 is 0 Å². The molecule has 0 aliphatic rings. The van der Waals surface area contributed by atoms with E-state index in [1.807, 2.05) is 30.3 Å². The Morgan fingerprint density at radius 1 is 1.04 bits per heavy atom. The number of carbonyl (C=O) groups excluding carboxylic acids is 2. The van der Waals surface area contributed by atoms with Crippen LogP contribution in [0.1, 0.15) is 10.4 Å². The van der Waals surface area contributed by atoms with Gasteiger partial charge in [0, 0.05) is 15.7 Å². The van der Waals surface area contributed by atoms with E-state index in [2.05, 4.69) is 5.32 Å². The van der Waals surface area contributed by atoms with E-state index < -0.39 is 0 Å². The number of fused-ring (bicyclic) bond motifs is 1. The number of amides is 1. The third kappa shape index (κ3) is 4.10. The second-order valence-corrected chi connectivity index (χ2v) is 6.18. The highest BCUT2D eigenvalue weighted by Gasteiger charge is 2.11. The molecule has 4 nitrogen and oxygen atoms in total. The standard InChI is InChI=1S/C19H13Cl2NO3/c20-13-7-14(21)9-15(8-13)22-19(24)11-25-18-6-5-12-3-1-2-4-16(12)17(18)10-23/h1-10H,11H2,(H,22,24). The maximum Gasteiger partial charge on any atom is 0.262 e. The second-order valence-electron chi connectivity index (χ2n) is 5.31. The highest BCUT2D eigenvalue weighted by Crippen LogP contribution is 2.27. The van der Waals surface area contributed by atoms with Crippen LogP contribution in [0.15, 0.2) is 54.6 Å². The first-order valence-corrected chi connectivity index (χ1v) is 8.18. The molecule has 0 atom stereocenters. The molecule has 0 saturated carbocycles. The Bertz CT molecular complexity index is 936. The van der Waals surface area contributed by atoms with Gasteiger partial charge in [-0.3, -0.25) is 9.59 Å². The molecule has 25 heavy (non-hydrogen) atoms. The molecule has 1 N–H and O–H groups in total. The minimum atomic E-state index is -0.386. The first-order chi connectivity index (χ1) is 12.1. The molecule has 0 aliphatic heterocycles. The summed E-state index contributed by atoms with van der Waals surface area (Å²) >= 11 is 11.8. The smallest absolute Gasteiger partial charge is 0.262 e. The minimum absolute atomic E-state index is 0.247.